The minimum absolute atomic E-state index is 0.0344. The summed E-state index contributed by atoms with van der Waals surface area (Å²) < 4.78 is 0. The number of aryl methyl sites for hydroxylation is 2. The second-order valence-corrected chi connectivity index (χ2v) is 3.68. The van der Waals surface area contributed by atoms with Crippen molar-refractivity contribution in [2.75, 3.05) is 0 Å². The van der Waals surface area contributed by atoms with Crippen molar-refractivity contribution >= 4 is 23.2 Å². The lowest BCUT2D eigenvalue weighted by molar-refractivity contribution is 0.0944. The van der Waals surface area contributed by atoms with Gasteiger partial charge in [0.05, 0.1) is 0 Å². The average molecular weight is 223 g/mol. The van der Waals surface area contributed by atoms with Gasteiger partial charge in [-0.1, -0.05) is 6.07 Å². The Morgan fingerprint density at radius 3 is 2.47 bits per heavy atom. The van der Waals surface area contributed by atoms with E-state index in [0.29, 0.717) is 5.56 Å². The summed E-state index contributed by atoms with van der Waals surface area (Å²) >= 11 is 4.56. The van der Waals surface area contributed by atoms with Crippen LogP contribution < -0.4 is 16.6 Å². The molecule has 0 atom stereocenters. The molecule has 5 heteroatoms. The van der Waals surface area contributed by atoms with E-state index in [1.54, 1.807) is 6.07 Å². The number of benzene rings is 1. The molecule has 1 aromatic rings. The monoisotopic (exact) mass is 223 g/mol. The smallest absolute Gasteiger partial charge is 0.269 e. The third kappa shape index (κ3) is 3.21. The number of nitrogens with two attached hydrogens (primary N) is 1. The molecule has 0 fully saturated rings. The molecule has 0 aliphatic heterocycles. The van der Waals surface area contributed by atoms with Crippen molar-refractivity contribution < 1.29 is 4.79 Å². The largest absolute Gasteiger partial charge is 0.375 e. The minimum atomic E-state index is -0.258. The summed E-state index contributed by atoms with van der Waals surface area (Å²) in [4.78, 5) is 11.5. The van der Waals surface area contributed by atoms with Crippen molar-refractivity contribution in [3.05, 3.63) is 34.9 Å². The van der Waals surface area contributed by atoms with Gasteiger partial charge < -0.3 is 5.73 Å². The third-order valence-electron chi connectivity index (χ3n) is 2.07. The molecule has 1 aromatic carbocycles. The highest BCUT2D eigenvalue weighted by Gasteiger charge is 2.05. The molecule has 15 heavy (non-hydrogen) atoms. The van der Waals surface area contributed by atoms with Crippen molar-refractivity contribution in [2.45, 2.75) is 13.8 Å². The number of nitrogens with one attached hydrogen (secondary N) is 2. The highest BCUT2D eigenvalue weighted by atomic mass is 32.1. The van der Waals surface area contributed by atoms with Crippen molar-refractivity contribution in [1.82, 2.24) is 10.9 Å². The second kappa shape index (κ2) is 4.75. The highest BCUT2D eigenvalue weighted by Crippen LogP contribution is 2.09. The maximum atomic E-state index is 11.5. The van der Waals surface area contributed by atoms with Crippen LogP contribution in [0.5, 0.6) is 0 Å². The Kier molecular flexibility index (Phi) is 3.62. The molecule has 0 spiro atoms. The molecule has 4 N–H and O–H groups in total. The van der Waals surface area contributed by atoms with Gasteiger partial charge in [-0.2, -0.15) is 0 Å². The van der Waals surface area contributed by atoms with Gasteiger partial charge in [0, 0.05) is 5.56 Å². The predicted molar refractivity (Wildman–Crippen MR) is 63.3 cm³/mol. The van der Waals surface area contributed by atoms with Gasteiger partial charge in [0.25, 0.3) is 5.91 Å². The molecular weight excluding hydrogens is 210 g/mol. The van der Waals surface area contributed by atoms with E-state index in [1.807, 2.05) is 26.0 Å². The SMILES string of the molecule is Cc1ccc(C(=O)NNC(N)=S)cc1C. The first-order valence-electron chi connectivity index (χ1n) is 4.43. The molecule has 1 amide bonds. The van der Waals surface area contributed by atoms with Gasteiger partial charge in [0.2, 0.25) is 0 Å². The summed E-state index contributed by atoms with van der Waals surface area (Å²) in [7, 11) is 0. The fraction of sp³-hybridized carbons (Fsp3) is 0.200. The van der Waals surface area contributed by atoms with E-state index >= 15 is 0 Å². The zero-order chi connectivity index (χ0) is 11.4. The van der Waals surface area contributed by atoms with Crippen LogP contribution in [0.25, 0.3) is 0 Å². The molecule has 0 aromatic heterocycles. The standard InChI is InChI=1S/C10H13N3OS/c1-6-3-4-8(5-7(6)2)9(14)12-13-10(11)15/h3-5H,1-2H3,(H,12,14)(H3,11,13,15). The molecule has 0 aliphatic rings. The van der Waals surface area contributed by atoms with Gasteiger partial charge in [0.1, 0.15) is 0 Å². The van der Waals surface area contributed by atoms with Crippen LogP contribution in [-0.4, -0.2) is 11.0 Å². The number of carbonyl (C=O) groups is 1. The topological polar surface area (TPSA) is 67.2 Å². The van der Waals surface area contributed by atoms with Crippen LogP contribution in [0.3, 0.4) is 0 Å². The summed E-state index contributed by atoms with van der Waals surface area (Å²) in [5, 5.41) is 0.0344. The highest BCUT2D eigenvalue weighted by molar-refractivity contribution is 7.80. The van der Waals surface area contributed by atoms with E-state index in [-0.39, 0.29) is 11.0 Å². The number of hydrogen-bond donors (Lipinski definition) is 3. The van der Waals surface area contributed by atoms with Gasteiger partial charge >= 0.3 is 0 Å². The second-order valence-electron chi connectivity index (χ2n) is 3.24. The summed E-state index contributed by atoms with van der Waals surface area (Å²) in [5.74, 6) is -0.258. The predicted octanol–water partition coefficient (Wildman–Crippen LogP) is 0.781. The molecule has 0 radical (unpaired) electrons. The minimum Gasteiger partial charge on any atom is -0.375 e. The van der Waals surface area contributed by atoms with Crippen molar-refractivity contribution in [1.29, 1.82) is 0 Å². The number of rotatable bonds is 1. The summed E-state index contributed by atoms with van der Waals surface area (Å²) in [6.07, 6.45) is 0. The Bertz CT molecular complexity index is 404. The van der Waals surface area contributed by atoms with Crippen LogP contribution in [0.4, 0.5) is 0 Å². The molecule has 0 saturated carbocycles. The van der Waals surface area contributed by atoms with E-state index in [1.165, 1.54) is 0 Å². The van der Waals surface area contributed by atoms with Crippen LogP contribution in [0.2, 0.25) is 0 Å². The Hall–Kier alpha value is -1.62. The van der Waals surface area contributed by atoms with Gasteiger partial charge in [-0.25, -0.2) is 0 Å². The van der Waals surface area contributed by atoms with E-state index in [4.69, 9.17) is 5.73 Å². The van der Waals surface area contributed by atoms with E-state index in [2.05, 4.69) is 23.1 Å². The van der Waals surface area contributed by atoms with Gasteiger partial charge in [0.15, 0.2) is 5.11 Å². The first-order chi connectivity index (χ1) is 7.00. The fourth-order valence-electron chi connectivity index (χ4n) is 1.07. The lowest BCUT2D eigenvalue weighted by atomic mass is 10.1. The summed E-state index contributed by atoms with van der Waals surface area (Å²) in [5.41, 5.74) is 12.7. The number of carbonyl (C=O) groups excluding carboxylic acids is 1. The molecule has 4 nitrogen and oxygen atoms in total. The average Bonchev–Trinajstić information content (AvgIpc) is 2.18. The van der Waals surface area contributed by atoms with E-state index in [9.17, 15) is 4.79 Å². The zero-order valence-electron chi connectivity index (χ0n) is 8.63. The summed E-state index contributed by atoms with van der Waals surface area (Å²) in [6, 6.07) is 5.45. The maximum Gasteiger partial charge on any atom is 0.269 e. The van der Waals surface area contributed by atoms with Gasteiger partial charge in [-0.15, -0.1) is 0 Å². The Labute approximate surface area is 93.8 Å². The Morgan fingerprint density at radius 2 is 1.93 bits per heavy atom. The van der Waals surface area contributed by atoms with E-state index in [0.717, 1.165) is 11.1 Å². The lowest BCUT2D eigenvalue weighted by Crippen LogP contribution is -2.44. The normalized spacial score (nSPS) is 9.47. The van der Waals surface area contributed by atoms with Crippen molar-refractivity contribution in [2.24, 2.45) is 5.73 Å². The molecular formula is C10H13N3OS. The maximum absolute atomic E-state index is 11.5. The van der Waals surface area contributed by atoms with Crippen molar-refractivity contribution in [3.63, 3.8) is 0 Å². The number of amides is 1. The van der Waals surface area contributed by atoms with Crippen molar-refractivity contribution in [3.8, 4) is 0 Å². The first kappa shape index (κ1) is 11.5. The van der Waals surface area contributed by atoms with Crippen LogP contribution in [0.15, 0.2) is 18.2 Å². The molecule has 80 valence electrons. The molecule has 0 unspecified atom stereocenters. The Balaban J connectivity index is 2.74. The quantitative estimate of drug-likeness (QED) is 0.486. The lowest BCUT2D eigenvalue weighted by Gasteiger charge is -2.07. The first-order valence-corrected chi connectivity index (χ1v) is 4.84. The third-order valence-corrected chi connectivity index (χ3v) is 2.17. The van der Waals surface area contributed by atoms with Crippen LogP contribution in [0, 0.1) is 13.8 Å². The molecule has 0 aliphatic carbocycles. The Morgan fingerprint density at radius 1 is 1.27 bits per heavy atom. The van der Waals surface area contributed by atoms with Crippen LogP contribution in [0.1, 0.15) is 21.5 Å². The molecule has 0 bridgehead atoms. The zero-order valence-corrected chi connectivity index (χ0v) is 9.44. The van der Waals surface area contributed by atoms with Gasteiger partial charge in [-0.05, 0) is 49.3 Å². The molecule has 0 saturated heterocycles. The fourth-order valence-corrected chi connectivity index (χ4v) is 1.12. The molecule has 1 rings (SSSR count). The summed E-state index contributed by atoms with van der Waals surface area (Å²) in [6.45, 7) is 3.94. The van der Waals surface area contributed by atoms with E-state index < -0.39 is 0 Å². The number of hydrazine groups is 1. The molecule has 0 heterocycles. The van der Waals surface area contributed by atoms with Gasteiger partial charge in [-0.3, -0.25) is 15.6 Å². The van der Waals surface area contributed by atoms with Crippen LogP contribution >= 0.6 is 12.2 Å². The number of thiocarbonyl (C=S) groups is 1. The number of hydrogen-bond acceptors (Lipinski definition) is 2. The van der Waals surface area contributed by atoms with Crippen LogP contribution in [-0.2, 0) is 0 Å².